The van der Waals surface area contributed by atoms with E-state index >= 15 is 0 Å². The molecule has 152 valence electrons. The number of hydrazone groups is 1. The van der Waals surface area contributed by atoms with Crippen molar-refractivity contribution in [3.63, 3.8) is 0 Å². The molecular weight excluding hydrogens is 400 g/mol. The van der Waals surface area contributed by atoms with Crippen LogP contribution in [0.4, 0.5) is 5.82 Å². The van der Waals surface area contributed by atoms with Gasteiger partial charge in [0.1, 0.15) is 24.0 Å². The van der Waals surface area contributed by atoms with Crippen LogP contribution in [0.15, 0.2) is 59.7 Å². The van der Waals surface area contributed by atoms with Crippen LogP contribution in [0, 0.1) is 18.3 Å². The van der Waals surface area contributed by atoms with Gasteiger partial charge >= 0.3 is 0 Å². The summed E-state index contributed by atoms with van der Waals surface area (Å²) in [6, 6.07) is 19.1. The summed E-state index contributed by atoms with van der Waals surface area (Å²) in [5.74, 6) is 1.05. The molecule has 1 N–H and O–H groups in total. The highest BCUT2D eigenvalue weighted by Crippen LogP contribution is 2.22. The van der Waals surface area contributed by atoms with Gasteiger partial charge in [-0.2, -0.15) is 10.4 Å². The van der Waals surface area contributed by atoms with Crippen molar-refractivity contribution >= 4 is 23.6 Å². The summed E-state index contributed by atoms with van der Waals surface area (Å²) in [5, 5.41) is 14.4. The third-order valence-electron chi connectivity index (χ3n) is 4.27. The van der Waals surface area contributed by atoms with Crippen molar-refractivity contribution in [3.05, 3.63) is 87.6 Å². The lowest BCUT2D eigenvalue weighted by molar-refractivity contribution is 0.184. The number of nitrogens with one attached hydrogen (secondary N) is 1. The third kappa shape index (κ3) is 5.35. The molecule has 0 aliphatic carbocycles. The van der Waals surface area contributed by atoms with Gasteiger partial charge < -0.3 is 9.47 Å². The first-order chi connectivity index (χ1) is 14.6. The number of pyridine rings is 1. The smallest absolute Gasteiger partial charge is 0.164 e. The quantitative estimate of drug-likeness (QED) is 0.405. The fourth-order valence-corrected chi connectivity index (χ4v) is 3.06. The van der Waals surface area contributed by atoms with Crippen LogP contribution in [0.2, 0.25) is 5.02 Å². The van der Waals surface area contributed by atoms with Gasteiger partial charge in [0, 0.05) is 34.5 Å². The molecule has 0 aliphatic rings. The first kappa shape index (κ1) is 21.3. The molecule has 3 aromatic rings. The van der Waals surface area contributed by atoms with Gasteiger partial charge in [0.05, 0.1) is 12.8 Å². The number of para-hydroxylation sites is 1. The monoisotopic (exact) mass is 420 g/mol. The fraction of sp³-hybridized carbons (Fsp3) is 0.174. The van der Waals surface area contributed by atoms with Crippen LogP contribution in [-0.4, -0.2) is 18.3 Å². The number of aryl methyl sites for hydroxylation is 1. The Labute approximate surface area is 180 Å². The molecule has 0 aliphatic heterocycles. The molecular formula is C23H21ClN4O2. The highest BCUT2D eigenvalue weighted by molar-refractivity contribution is 6.31. The average Bonchev–Trinajstić information content (AvgIpc) is 2.74. The predicted molar refractivity (Wildman–Crippen MR) is 118 cm³/mol. The topological polar surface area (TPSA) is 79.5 Å². The molecule has 0 fully saturated rings. The zero-order valence-electron chi connectivity index (χ0n) is 16.7. The number of aromatic nitrogens is 1. The Hall–Kier alpha value is -3.40. The summed E-state index contributed by atoms with van der Waals surface area (Å²) in [5.41, 5.74) is 6.47. The number of rotatable bonds is 8. The molecule has 0 amide bonds. The van der Waals surface area contributed by atoms with Gasteiger partial charge in [-0.1, -0.05) is 41.9 Å². The molecule has 2 aromatic carbocycles. The van der Waals surface area contributed by atoms with E-state index < -0.39 is 0 Å². The molecule has 1 aromatic heterocycles. The Morgan fingerprint density at radius 3 is 2.67 bits per heavy atom. The number of anilines is 1. The first-order valence-electron chi connectivity index (χ1n) is 9.26. The minimum atomic E-state index is 0.323. The van der Waals surface area contributed by atoms with Crippen LogP contribution in [-0.2, 0) is 18.0 Å². The second-order valence-corrected chi connectivity index (χ2v) is 6.89. The molecule has 0 unspecified atom stereocenters. The summed E-state index contributed by atoms with van der Waals surface area (Å²) in [6.45, 7) is 2.52. The number of hydrogen-bond donors (Lipinski definition) is 1. The van der Waals surface area contributed by atoms with Gasteiger partial charge in [-0.3, -0.25) is 5.43 Å². The van der Waals surface area contributed by atoms with E-state index in [1.54, 1.807) is 13.3 Å². The standard InChI is InChI=1S/C23H21ClN4O2/c1-16-11-19(14-29-2)20(12-25)23(27-16)28-26-13-17-7-4-6-10-22(17)30-15-18-8-3-5-9-21(18)24/h3-11,13H,14-15H2,1-2H3,(H,27,28)/b26-13+. The zero-order valence-corrected chi connectivity index (χ0v) is 17.5. The van der Waals surface area contributed by atoms with Crippen LogP contribution < -0.4 is 10.2 Å². The van der Waals surface area contributed by atoms with E-state index in [1.165, 1.54) is 0 Å². The van der Waals surface area contributed by atoms with Crippen LogP contribution in [0.25, 0.3) is 0 Å². The van der Waals surface area contributed by atoms with E-state index in [2.05, 4.69) is 21.6 Å². The minimum Gasteiger partial charge on any atom is -0.488 e. The lowest BCUT2D eigenvalue weighted by Gasteiger charge is -2.11. The number of halogens is 1. The maximum Gasteiger partial charge on any atom is 0.164 e. The van der Waals surface area contributed by atoms with Crippen LogP contribution in [0.5, 0.6) is 5.75 Å². The van der Waals surface area contributed by atoms with Crippen molar-refractivity contribution in [2.75, 3.05) is 12.5 Å². The molecule has 3 rings (SSSR count). The lowest BCUT2D eigenvalue weighted by atomic mass is 10.1. The molecule has 0 atom stereocenters. The van der Waals surface area contributed by atoms with E-state index in [-0.39, 0.29) is 0 Å². The van der Waals surface area contributed by atoms with Crippen LogP contribution in [0.1, 0.15) is 27.9 Å². The maximum atomic E-state index is 9.51. The maximum absolute atomic E-state index is 9.51. The molecule has 0 saturated heterocycles. The third-order valence-corrected chi connectivity index (χ3v) is 4.64. The summed E-state index contributed by atoms with van der Waals surface area (Å²) in [7, 11) is 1.59. The van der Waals surface area contributed by atoms with Gasteiger partial charge in [-0.15, -0.1) is 0 Å². The van der Waals surface area contributed by atoms with Crippen molar-refractivity contribution in [2.45, 2.75) is 20.1 Å². The normalized spacial score (nSPS) is 10.7. The fourth-order valence-electron chi connectivity index (χ4n) is 2.87. The van der Waals surface area contributed by atoms with Crippen LogP contribution >= 0.6 is 11.6 Å². The Morgan fingerprint density at radius 2 is 1.90 bits per heavy atom. The van der Waals surface area contributed by atoms with Crippen molar-refractivity contribution in [1.82, 2.24) is 4.98 Å². The number of ether oxygens (including phenoxy) is 2. The molecule has 6 nitrogen and oxygen atoms in total. The van der Waals surface area contributed by atoms with E-state index in [4.69, 9.17) is 21.1 Å². The van der Waals surface area contributed by atoms with Crippen molar-refractivity contribution < 1.29 is 9.47 Å². The highest BCUT2D eigenvalue weighted by atomic mass is 35.5. The van der Waals surface area contributed by atoms with E-state index in [9.17, 15) is 5.26 Å². The average molecular weight is 421 g/mol. The Balaban J connectivity index is 1.76. The second-order valence-electron chi connectivity index (χ2n) is 6.48. The summed E-state index contributed by atoms with van der Waals surface area (Å²) >= 11 is 6.20. The van der Waals surface area contributed by atoms with E-state index in [1.807, 2.05) is 61.5 Å². The van der Waals surface area contributed by atoms with E-state index in [0.29, 0.717) is 35.4 Å². The Morgan fingerprint density at radius 1 is 1.13 bits per heavy atom. The summed E-state index contributed by atoms with van der Waals surface area (Å²) in [6.07, 6.45) is 1.63. The van der Waals surface area contributed by atoms with Crippen molar-refractivity contribution in [1.29, 1.82) is 5.26 Å². The number of nitrogens with zero attached hydrogens (tertiary/aromatic N) is 3. The van der Waals surface area contributed by atoms with Crippen molar-refractivity contribution in [3.8, 4) is 11.8 Å². The Bertz CT molecular complexity index is 1090. The van der Waals surface area contributed by atoms with Gasteiger partial charge in [-0.05, 0) is 31.2 Å². The molecule has 1 heterocycles. The Kier molecular flexibility index (Phi) is 7.39. The number of nitriles is 1. The minimum absolute atomic E-state index is 0.323. The number of benzene rings is 2. The van der Waals surface area contributed by atoms with Gasteiger partial charge in [0.2, 0.25) is 0 Å². The van der Waals surface area contributed by atoms with Gasteiger partial charge in [0.25, 0.3) is 0 Å². The molecule has 30 heavy (non-hydrogen) atoms. The predicted octanol–water partition coefficient (Wildman–Crippen LogP) is 5.09. The number of methoxy groups -OCH3 is 1. The molecule has 0 spiro atoms. The first-order valence-corrected chi connectivity index (χ1v) is 9.64. The lowest BCUT2D eigenvalue weighted by Crippen LogP contribution is -2.04. The van der Waals surface area contributed by atoms with Crippen LogP contribution in [0.3, 0.4) is 0 Å². The summed E-state index contributed by atoms with van der Waals surface area (Å²) < 4.78 is 11.1. The molecule has 0 radical (unpaired) electrons. The zero-order chi connectivity index (χ0) is 21.3. The van der Waals surface area contributed by atoms with E-state index in [0.717, 1.165) is 22.4 Å². The second kappa shape index (κ2) is 10.4. The molecule has 0 bridgehead atoms. The van der Waals surface area contributed by atoms with Gasteiger partial charge in [0.15, 0.2) is 5.82 Å². The SMILES string of the molecule is COCc1cc(C)nc(N/N=C/c2ccccc2OCc2ccccc2Cl)c1C#N. The highest BCUT2D eigenvalue weighted by Gasteiger charge is 2.11. The molecule has 7 heteroatoms. The largest absolute Gasteiger partial charge is 0.488 e. The summed E-state index contributed by atoms with van der Waals surface area (Å²) in [4.78, 5) is 4.38. The van der Waals surface area contributed by atoms with Gasteiger partial charge in [-0.25, -0.2) is 4.98 Å². The number of hydrogen-bond acceptors (Lipinski definition) is 6. The molecule has 0 saturated carbocycles. The van der Waals surface area contributed by atoms with Crippen molar-refractivity contribution in [2.24, 2.45) is 5.10 Å².